The maximum Gasteiger partial charge on any atom is 0.131 e. The molecule has 1 aromatic heterocycles. The van der Waals surface area contributed by atoms with Crippen LogP contribution in [0.1, 0.15) is 19.4 Å². The van der Waals surface area contributed by atoms with Crippen molar-refractivity contribution in [2.75, 3.05) is 18.1 Å². The van der Waals surface area contributed by atoms with Crippen molar-refractivity contribution in [1.29, 1.82) is 0 Å². The van der Waals surface area contributed by atoms with Gasteiger partial charge in [0.2, 0.25) is 0 Å². The molecule has 0 fully saturated rings. The van der Waals surface area contributed by atoms with E-state index in [0.717, 1.165) is 11.4 Å². The van der Waals surface area contributed by atoms with Gasteiger partial charge in [-0.05, 0) is 32.4 Å². The van der Waals surface area contributed by atoms with E-state index in [1.165, 1.54) is 0 Å². The molecule has 14 heavy (non-hydrogen) atoms. The molecule has 0 amide bonds. The van der Waals surface area contributed by atoms with Gasteiger partial charge in [-0.2, -0.15) is 0 Å². The van der Waals surface area contributed by atoms with Crippen LogP contribution in [-0.2, 0) is 0 Å². The summed E-state index contributed by atoms with van der Waals surface area (Å²) >= 11 is 0. The van der Waals surface area contributed by atoms with Gasteiger partial charge in [-0.1, -0.05) is 6.07 Å². The van der Waals surface area contributed by atoms with E-state index in [1.807, 2.05) is 19.1 Å². The highest BCUT2D eigenvalue weighted by molar-refractivity contribution is 5.46. The number of nitrogens with zero attached hydrogens (tertiary/aromatic N) is 2. The first-order chi connectivity index (χ1) is 6.66. The zero-order chi connectivity index (χ0) is 10.6. The van der Waals surface area contributed by atoms with Crippen molar-refractivity contribution < 1.29 is 5.11 Å². The number of aryl methyl sites for hydroxylation is 1. The maximum atomic E-state index is 8.97. The summed E-state index contributed by atoms with van der Waals surface area (Å²) in [4.78, 5) is 6.44. The van der Waals surface area contributed by atoms with Crippen LogP contribution in [-0.4, -0.2) is 29.3 Å². The molecule has 0 saturated carbocycles. The van der Waals surface area contributed by atoms with Gasteiger partial charge in [0.15, 0.2) is 0 Å². The molecule has 78 valence electrons. The van der Waals surface area contributed by atoms with E-state index in [4.69, 9.17) is 5.11 Å². The predicted octanol–water partition coefficient (Wildman–Crippen LogP) is 1.60. The molecule has 0 saturated heterocycles. The highest BCUT2D eigenvalue weighted by atomic mass is 16.3. The Morgan fingerprint density at radius 3 is 2.71 bits per heavy atom. The normalized spacial score (nSPS) is 10.6. The lowest BCUT2D eigenvalue weighted by molar-refractivity contribution is 0.298. The van der Waals surface area contributed by atoms with Crippen LogP contribution in [0.5, 0.6) is 0 Å². The zero-order valence-corrected chi connectivity index (χ0v) is 9.07. The minimum absolute atomic E-state index is 0.161. The second kappa shape index (κ2) is 4.96. The molecule has 0 aliphatic heterocycles. The summed E-state index contributed by atoms with van der Waals surface area (Å²) in [6.07, 6.45) is 1.79. The highest BCUT2D eigenvalue weighted by Gasteiger charge is 2.12. The number of aliphatic hydroxyl groups is 1. The third kappa shape index (κ3) is 2.45. The molecule has 1 rings (SSSR count). The van der Waals surface area contributed by atoms with E-state index in [2.05, 4.69) is 23.7 Å². The number of hydrogen-bond donors (Lipinski definition) is 1. The molecule has 0 spiro atoms. The van der Waals surface area contributed by atoms with E-state index in [1.54, 1.807) is 6.20 Å². The van der Waals surface area contributed by atoms with Crippen LogP contribution in [0.15, 0.2) is 18.3 Å². The van der Waals surface area contributed by atoms with Gasteiger partial charge in [0.25, 0.3) is 0 Å². The Labute approximate surface area is 85.4 Å². The van der Waals surface area contributed by atoms with Gasteiger partial charge in [0.1, 0.15) is 5.82 Å². The van der Waals surface area contributed by atoms with Crippen molar-refractivity contribution >= 4 is 5.82 Å². The molecular weight excluding hydrogens is 176 g/mol. The van der Waals surface area contributed by atoms with Crippen LogP contribution in [0.2, 0.25) is 0 Å². The van der Waals surface area contributed by atoms with Crippen molar-refractivity contribution in [2.45, 2.75) is 26.8 Å². The quantitative estimate of drug-likeness (QED) is 0.791. The van der Waals surface area contributed by atoms with Crippen molar-refractivity contribution in [3.8, 4) is 0 Å². The molecule has 0 unspecified atom stereocenters. The Bertz CT molecular complexity index is 286. The first-order valence-electron chi connectivity index (χ1n) is 4.96. The average Bonchev–Trinajstić information content (AvgIpc) is 2.15. The number of pyridine rings is 1. The monoisotopic (exact) mass is 194 g/mol. The molecule has 3 heteroatoms. The molecule has 1 aromatic rings. The highest BCUT2D eigenvalue weighted by Crippen LogP contribution is 2.17. The number of aliphatic hydroxyl groups excluding tert-OH is 1. The van der Waals surface area contributed by atoms with Gasteiger partial charge < -0.3 is 10.0 Å². The number of hydrogen-bond acceptors (Lipinski definition) is 3. The Hall–Kier alpha value is -1.09. The Kier molecular flexibility index (Phi) is 3.89. The first kappa shape index (κ1) is 11.0. The maximum absolute atomic E-state index is 8.97. The summed E-state index contributed by atoms with van der Waals surface area (Å²) in [5.74, 6) is 0.969. The van der Waals surface area contributed by atoms with Crippen LogP contribution < -0.4 is 4.90 Å². The van der Waals surface area contributed by atoms with Crippen LogP contribution >= 0.6 is 0 Å². The largest absolute Gasteiger partial charge is 0.395 e. The van der Waals surface area contributed by atoms with Crippen molar-refractivity contribution in [3.63, 3.8) is 0 Å². The lowest BCUT2D eigenvalue weighted by atomic mass is 10.2. The minimum atomic E-state index is 0.161. The predicted molar refractivity (Wildman–Crippen MR) is 58.5 cm³/mol. The lowest BCUT2D eigenvalue weighted by Crippen LogP contribution is -2.34. The molecule has 0 radical (unpaired) electrons. The van der Waals surface area contributed by atoms with Crippen molar-refractivity contribution in [3.05, 3.63) is 23.9 Å². The molecule has 1 N–H and O–H groups in total. The second-order valence-electron chi connectivity index (χ2n) is 3.65. The zero-order valence-electron chi connectivity index (χ0n) is 9.07. The lowest BCUT2D eigenvalue weighted by Gasteiger charge is -2.28. The number of anilines is 1. The molecule has 0 aromatic carbocycles. The molecule has 0 atom stereocenters. The van der Waals surface area contributed by atoms with E-state index < -0.39 is 0 Å². The van der Waals surface area contributed by atoms with Crippen LogP contribution in [0.4, 0.5) is 5.82 Å². The summed E-state index contributed by atoms with van der Waals surface area (Å²) in [5.41, 5.74) is 1.15. The topological polar surface area (TPSA) is 36.4 Å². The van der Waals surface area contributed by atoms with E-state index in [-0.39, 0.29) is 6.61 Å². The standard InChI is InChI=1S/C11H18N2O/c1-9(2)13(7-8-14)11-10(3)5-4-6-12-11/h4-6,9,14H,7-8H2,1-3H3. The van der Waals surface area contributed by atoms with Gasteiger partial charge in [0, 0.05) is 18.8 Å². The smallest absolute Gasteiger partial charge is 0.131 e. The second-order valence-corrected chi connectivity index (χ2v) is 3.65. The molecular formula is C11H18N2O. The summed E-state index contributed by atoms with van der Waals surface area (Å²) in [5, 5.41) is 8.97. The minimum Gasteiger partial charge on any atom is -0.395 e. The van der Waals surface area contributed by atoms with Crippen molar-refractivity contribution in [2.24, 2.45) is 0 Å². The SMILES string of the molecule is Cc1cccnc1N(CCO)C(C)C. The van der Waals surface area contributed by atoms with E-state index in [0.29, 0.717) is 12.6 Å². The first-order valence-corrected chi connectivity index (χ1v) is 4.96. The third-order valence-corrected chi connectivity index (χ3v) is 2.22. The Balaban J connectivity index is 2.93. The number of rotatable bonds is 4. The fourth-order valence-corrected chi connectivity index (χ4v) is 1.49. The summed E-state index contributed by atoms with van der Waals surface area (Å²) in [6, 6.07) is 4.32. The van der Waals surface area contributed by atoms with Crippen LogP contribution in [0.3, 0.4) is 0 Å². The van der Waals surface area contributed by atoms with Gasteiger partial charge in [-0.15, -0.1) is 0 Å². The fourth-order valence-electron chi connectivity index (χ4n) is 1.49. The molecule has 1 heterocycles. The van der Waals surface area contributed by atoms with Gasteiger partial charge in [-0.25, -0.2) is 4.98 Å². The summed E-state index contributed by atoms with van der Waals surface area (Å²) in [6.45, 7) is 7.03. The van der Waals surface area contributed by atoms with E-state index >= 15 is 0 Å². The molecule has 0 aliphatic rings. The van der Waals surface area contributed by atoms with Gasteiger partial charge >= 0.3 is 0 Å². The van der Waals surface area contributed by atoms with Gasteiger partial charge in [-0.3, -0.25) is 0 Å². The third-order valence-electron chi connectivity index (χ3n) is 2.22. The fraction of sp³-hybridized carbons (Fsp3) is 0.545. The summed E-state index contributed by atoms with van der Waals surface area (Å²) in [7, 11) is 0. The van der Waals surface area contributed by atoms with Crippen LogP contribution in [0, 0.1) is 6.92 Å². The molecule has 3 nitrogen and oxygen atoms in total. The average molecular weight is 194 g/mol. The number of aromatic nitrogens is 1. The van der Waals surface area contributed by atoms with Crippen LogP contribution in [0.25, 0.3) is 0 Å². The molecule has 0 bridgehead atoms. The summed E-state index contributed by atoms with van der Waals surface area (Å²) < 4.78 is 0. The van der Waals surface area contributed by atoms with Crippen molar-refractivity contribution in [1.82, 2.24) is 4.98 Å². The Morgan fingerprint density at radius 2 is 2.21 bits per heavy atom. The molecule has 0 aliphatic carbocycles. The van der Waals surface area contributed by atoms with E-state index in [9.17, 15) is 0 Å². The van der Waals surface area contributed by atoms with Gasteiger partial charge in [0.05, 0.1) is 6.61 Å². The Morgan fingerprint density at radius 1 is 1.50 bits per heavy atom.